The summed E-state index contributed by atoms with van der Waals surface area (Å²) in [6.45, 7) is 0. The van der Waals surface area contributed by atoms with E-state index in [0.29, 0.717) is 7.11 Å². The highest BCUT2D eigenvalue weighted by Gasteiger charge is 2.60. The van der Waals surface area contributed by atoms with Gasteiger partial charge in [-0.2, -0.15) is 13.2 Å². The van der Waals surface area contributed by atoms with E-state index in [1.54, 1.807) is 0 Å². The zero-order valence-corrected chi connectivity index (χ0v) is 9.40. The lowest BCUT2D eigenvalue weighted by Crippen LogP contribution is -2.35. The minimum Gasteiger partial charge on any atom is -0.368 e. The van der Waals surface area contributed by atoms with Gasteiger partial charge in [-0.25, -0.2) is 0 Å². The maximum Gasteiger partial charge on any atom is 0.587 e. The predicted octanol–water partition coefficient (Wildman–Crippen LogP) is 3.41. The second-order valence-electron chi connectivity index (χ2n) is 2.47. The number of hydrogen-bond donors (Lipinski definition) is 0. The van der Waals surface area contributed by atoms with Crippen LogP contribution in [-0.4, -0.2) is 25.6 Å². The van der Waals surface area contributed by atoms with Gasteiger partial charge < -0.3 is 4.74 Å². The third kappa shape index (κ3) is 5.11. The summed E-state index contributed by atoms with van der Waals surface area (Å²) in [5.41, 5.74) is 0. The third-order valence-corrected chi connectivity index (χ3v) is 1.96. The van der Waals surface area contributed by atoms with E-state index < -0.39 is 31.0 Å². The Hall–Kier alpha value is 0.100. The summed E-state index contributed by atoms with van der Waals surface area (Å²) in [6.07, 6.45) is -15.3. The Bertz CT molecular complexity index is 171. The van der Waals surface area contributed by atoms with E-state index in [1.807, 2.05) is 0 Å². The van der Waals surface area contributed by atoms with Crippen LogP contribution in [0.15, 0.2) is 0 Å². The molecule has 0 saturated heterocycles. The van der Waals surface area contributed by atoms with E-state index >= 15 is 0 Å². The topological polar surface area (TPSA) is 18.5 Å². The standard InChI is InChI=1S/C6H6F6IO2/c1-14-3(5(7,8)9)2-4(15-13)6(10,11)12/h3H,2H2,1H3/q+1. The van der Waals surface area contributed by atoms with Crippen LogP contribution in [0.5, 0.6) is 0 Å². The molecule has 9 heteroatoms. The van der Waals surface area contributed by atoms with Crippen molar-refractivity contribution in [2.45, 2.75) is 24.9 Å². The Morgan fingerprint density at radius 3 is 1.87 bits per heavy atom. The molecule has 0 fully saturated rings. The van der Waals surface area contributed by atoms with Gasteiger partial charge in [0.1, 0.15) is 0 Å². The zero-order valence-electron chi connectivity index (χ0n) is 7.25. The van der Waals surface area contributed by atoms with Crippen LogP contribution < -0.4 is 0 Å². The summed E-state index contributed by atoms with van der Waals surface area (Å²) in [6, 6.07) is 0. The summed E-state index contributed by atoms with van der Waals surface area (Å²) in [7, 11) is 0.680. The number of ether oxygens (including phenoxy) is 1. The molecule has 0 aliphatic heterocycles. The number of hydrogen-bond acceptors (Lipinski definition) is 2. The fraction of sp³-hybridized carbons (Fsp3) is 0.833. The van der Waals surface area contributed by atoms with Crippen molar-refractivity contribution in [2.75, 3.05) is 7.11 Å². The lowest BCUT2D eigenvalue weighted by molar-refractivity contribution is -0.224. The molecule has 90 valence electrons. The van der Waals surface area contributed by atoms with Gasteiger partial charge in [0.05, 0.1) is 0 Å². The number of methoxy groups -OCH3 is 1. The normalized spacial score (nSPS) is 15.2. The Balaban J connectivity index is 4.52. The first-order valence-electron chi connectivity index (χ1n) is 3.44. The molecule has 0 aliphatic carbocycles. The van der Waals surface area contributed by atoms with Crippen LogP contribution in [0.2, 0.25) is 0 Å². The lowest BCUT2D eigenvalue weighted by Gasteiger charge is -2.16. The first kappa shape index (κ1) is 15.1. The molecule has 0 aromatic rings. The first-order chi connectivity index (χ1) is 6.62. The quantitative estimate of drug-likeness (QED) is 0.439. The van der Waals surface area contributed by atoms with Crippen LogP contribution in [0.25, 0.3) is 0 Å². The Kier molecular flexibility index (Phi) is 5.47. The molecule has 0 heterocycles. The fourth-order valence-electron chi connectivity index (χ4n) is 0.692. The predicted molar refractivity (Wildman–Crippen MR) is 45.9 cm³/mol. The molecule has 0 radical (unpaired) electrons. The molecule has 0 amide bonds. The average Bonchev–Trinajstić information content (AvgIpc) is 2.01. The van der Waals surface area contributed by atoms with Crippen molar-refractivity contribution in [3.05, 3.63) is 6.10 Å². The molecule has 2 nitrogen and oxygen atoms in total. The Labute approximate surface area is 95.6 Å². The molecule has 0 bridgehead atoms. The van der Waals surface area contributed by atoms with E-state index in [4.69, 9.17) is 0 Å². The summed E-state index contributed by atoms with van der Waals surface area (Å²) in [5.74, 6) is 0. The molecule has 0 rings (SSSR count). The Morgan fingerprint density at radius 2 is 1.67 bits per heavy atom. The van der Waals surface area contributed by atoms with Gasteiger partial charge in [-0.05, 0) is 0 Å². The van der Waals surface area contributed by atoms with E-state index in [2.05, 4.69) is 7.80 Å². The van der Waals surface area contributed by atoms with E-state index in [0.717, 1.165) is 23.0 Å². The monoisotopic (exact) mass is 351 g/mol. The second kappa shape index (κ2) is 5.43. The van der Waals surface area contributed by atoms with Crippen LogP contribution in [0, 0.1) is 6.10 Å². The summed E-state index contributed by atoms with van der Waals surface area (Å²) >= 11 is 0.873. The molecule has 0 aromatic heterocycles. The SMILES string of the molecule is COC(C[C+](OI)C(F)(F)F)C(F)(F)F. The molecule has 0 aromatic carbocycles. The molecule has 0 aliphatic rings. The van der Waals surface area contributed by atoms with Gasteiger partial charge in [-0.1, -0.05) is 0 Å². The lowest BCUT2D eigenvalue weighted by atomic mass is 10.1. The van der Waals surface area contributed by atoms with Crippen LogP contribution in [0.1, 0.15) is 6.42 Å². The molecule has 1 unspecified atom stereocenters. The van der Waals surface area contributed by atoms with Gasteiger partial charge in [0.2, 0.25) is 0 Å². The van der Waals surface area contributed by atoms with Crippen LogP contribution in [-0.2, 0) is 7.80 Å². The van der Waals surface area contributed by atoms with Gasteiger partial charge in [-0.15, -0.1) is 16.2 Å². The molecule has 0 N–H and O–H groups in total. The average molecular weight is 351 g/mol. The number of halogens is 7. The number of rotatable bonds is 4. The molecule has 15 heavy (non-hydrogen) atoms. The summed E-state index contributed by atoms with van der Waals surface area (Å²) < 4.78 is 79.9. The molecule has 0 spiro atoms. The van der Waals surface area contributed by atoms with Gasteiger partial charge in [0.25, 0.3) is 0 Å². The highest BCUT2D eigenvalue weighted by atomic mass is 127. The van der Waals surface area contributed by atoms with E-state index in [9.17, 15) is 26.3 Å². The van der Waals surface area contributed by atoms with Crippen molar-refractivity contribution in [2.24, 2.45) is 0 Å². The fourth-order valence-corrected chi connectivity index (χ4v) is 1.12. The summed E-state index contributed by atoms with van der Waals surface area (Å²) in [4.78, 5) is 0. The second-order valence-corrected chi connectivity index (χ2v) is 2.91. The van der Waals surface area contributed by atoms with Gasteiger partial charge in [0.15, 0.2) is 35.5 Å². The van der Waals surface area contributed by atoms with Crippen molar-refractivity contribution in [1.82, 2.24) is 0 Å². The number of alkyl halides is 6. The third-order valence-electron chi connectivity index (χ3n) is 1.43. The molecular formula is C6H6F6IO2+. The molecule has 0 saturated carbocycles. The molecule has 1 atom stereocenters. The minimum absolute atomic E-state index is 0.680. The van der Waals surface area contributed by atoms with Crippen LogP contribution in [0.3, 0.4) is 0 Å². The largest absolute Gasteiger partial charge is 0.587 e. The van der Waals surface area contributed by atoms with Crippen molar-refractivity contribution in [3.8, 4) is 0 Å². The van der Waals surface area contributed by atoms with Crippen LogP contribution in [0.4, 0.5) is 26.3 Å². The van der Waals surface area contributed by atoms with Gasteiger partial charge in [0, 0.05) is 7.11 Å². The van der Waals surface area contributed by atoms with Crippen LogP contribution >= 0.6 is 23.0 Å². The van der Waals surface area contributed by atoms with Crippen molar-refractivity contribution >= 4 is 23.0 Å². The maximum absolute atomic E-state index is 12.0. The van der Waals surface area contributed by atoms with Crippen molar-refractivity contribution in [3.63, 3.8) is 0 Å². The highest BCUT2D eigenvalue weighted by molar-refractivity contribution is 14.1. The van der Waals surface area contributed by atoms with Gasteiger partial charge in [-0.3, -0.25) is 0 Å². The summed E-state index contributed by atoms with van der Waals surface area (Å²) in [5, 5.41) is 0. The van der Waals surface area contributed by atoms with Gasteiger partial charge >= 0.3 is 18.5 Å². The molecular weight excluding hydrogens is 345 g/mol. The maximum atomic E-state index is 12.0. The van der Waals surface area contributed by atoms with E-state index in [1.165, 1.54) is 0 Å². The smallest absolute Gasteiger partial charge is 0.368 e. The zero-order chi connectivity index (χ0) is 12.3. The van der Waals surface area contributed by atoms with Crippen molar-refractivity contribution in [1.29, 1.82) is 0 Å². The van der Waals surface area contributed by atoms with E-state index in [-0.39, 0.29) is 0 Å². The Morgan fingerprint density at radius 1 is 1.20 bits per heavy atom. The highest BCUT2D eigenvalue weighted by Crippen LogP contribution is 2.38. The first-order valence-corrected chi connectivity index (χ1v) is 4.32. The minimum atomic E-state index is -4.93. The van der Waals surface area contributed by atoms with Crippen molar-refractivity contribution < 1.29 is 34.1 Å².